The van der Waals surface area contributed by atoms with Crippen molar-refractivity contribution >= 4 is 23.7 Å². The highest BCUT2D eigenvalue weighted by molar-refractivity contribution is 5.98. The first-order valence-electron chi connectivity index (χ1n) is 17.4. The van der Waals surface area contributed by atoms with Crippen molar-refractivity contribution in [2.24, 2.45) is 11.8 Å². The van der Waals surface area contributed by atoms with E-state index in [1.165, 1.54) is 0 Å². The molecular formula is C37H53N3O7. The smallest absolute Gasteiger partial charge is 0.313 e. The third kappa shape index (κ3) is 7.97. The fourth-order valence-corrected chi connectivity index (χ4v) is 7.69. The molecular weight excluding hydrogens is 598 g/mol. The Morgan fingerprint density at radius 3 is 2.60 bits per heavy atom. The highest BCUT2D eigenvalue weighted by atomic mass is 16.6. The SMILES string of the molecule is C=CCCC(=O)NC[C@H](OC(=O)[C@@H]1[C@H]2C(=O)N(CCCCCCO)[C@H](C(=O)N(CC=C)C(C)CCC)[C@]23CC[C@H]1O3)c1ccccc1. The number of amides is 3. The van der Waals surface area contributed by atoms with Gasteiger partial charge >= 0.3 is 5.97 Å². The van der Waals surface area contributed by atoms with Gasteiger partial charge < -0.3 is 29.7 Å². The third-order valence-corrected chi connectivity index (χ3v) is 9.95. The van der Waals surface area contributed by atoms with E-state index in [2.05, 4.69) is 25.4 Å². The second-order valence-corrected chi connectivity index (χ2v) is 13.1. The van der Waals surface area contributed by atoms with Crippen molar-refractivity contribution in [2.45, 2.75) is 108 Å². The van der Waals surface area contributed by atoms with Crippen molar-refractivity contribution < 1.29 is 33.8 Å². The molecule has 47 heavy (non-hydrogen) atoms. The fraction of sp³-hybridized carbons (Fsp3) is 0.622. The number of likely N-dealkylation sites (tertiary alicyclic amines) is 1. The maximum absolute atomic E-state index is 14.5. The number of aliphatic hydroxyl groups is 1. The minimum absolute atomic E-state index is 0.0601. The maximum atomic E-state index is 14.5. The molecule has 0 aromatic heterocycles. The van der Waals surface area contributed by atoms with Gasteiger partial charge in [-0.2, -0.15) is 0 Å². The van der Waals surface area contributed by atoms with Crippen LogP contribution in [0.3, 0.4) is 0 Å². The Balaban J connectivity index is 1.62. The molecule has 2 N–H and O–H groups in total. The van der Waals surface area contributed by atoms with Gasteiger partial charge in [0.15, 0.2) is 0 Å². The lowest BCUT2D eigenvalue weighted by atomic mass is 9.70. The van der Waals surface area contributed by atoms with Gasteiger partial charge in [-0.25, -0.2) is 0 Å². The van der Waals surface area contributed by atoms with E-state index in [4.69, 9.17) is 9.47 Å². The summed E-state index contributed by atoms with van der Waals surface area (Å²) in [5.41, 5.74) is -0.399. The number of ether oxygens (including phenoxy) is 2. The molecule has 1 aromatic rings. The van der Waals surface area contributed by atoms with E-state index in [0.29, 0.717) is 45.2 Å². The zero-order valence-corrected chi connectivity index (χ0v) is 28.1. The summed E-state index contributed by atoms with van der Waals surface area (Å²) in [5, 5.41) is 12.1. The van der Waals surface area contributed by atoms with Gasteiger partial charge in [-0.15, -0.1) is 13.2 Å². The summed E-state index contributed by atoms with van der Waals surface area (Å²) < 4.78 is 12.8. The molecule has 3 saturated heterocycles. The van der Waals surface area contributed by atoms with Gasteiger partial charge in [-0.3, -0.25) is 19.2 Å². The summed E-state index contributed by atoms with van der Waals surface area (Å²) in [5.74, 6) is -2.85. The number of nitrogens with zero attached hydrogens (tertiary/aromatic N) is 2. The monoisotopic (exact) mass is 651 g/mol. The van der Waals surface area contributed by atoms with Crippen molar-refractivity contribution in [2.75, 3.05) is 26.2 Å². The number of allylic oxidation sites excluding steroid dienone is 1. The molecule has 4 rings (SSSR count). The number of hydrogen-bond acceptors (Lipinski definition) is 7. The van der Waals surface area contributed by atoms with E-state index < -0.39 is 41.7 Å². The van der Waals surface area contributed by atoms with E-state index in [0.717, 1.165) is 31.2 Å². The van der Waals surface area contributed by atoms with E-state index >= 15 is 0 Å². The van der Waals surface area contributed by atoms with Crippen molar-refractivity contribution in [3.8, 4) is 0 Å². The number of nitrogens with one attached hydrogen (secondary N) is 1. The number of fused-ring (bicyclic) bond motifs is 1. The molecule has 3 aliphatic rings. The molecule has 258 valence electrons. The molecule has 1 spiro atoms. The largest absolute Gasteiger partial charge is 0.455 e. The number of carbonyl (C=O) groups excluding carboxylic acids is 4. The van der Waals surface area contributed by atoms with Crippen molar-refractivity contribution in [1.29, 1.82) is 0 Å². The van der Waals surface area contributed by atoms with Crippen LogP contribution in [0.1, 0.15) is 89.7 Å². The lowest BCUT2D eigenvalue weighted by Gasteiger charge is -2.39. The van der Waals surface area contributed by atoms with Crippen LogP contribution < -0.4 is 5.32 Å². The Hall–Kier alpha value is -3.50. The summed E-state index contributed by atoms with van der Waals surface area (Å²) in [6.45, 7) is 12.6. The quantitative estimate of drug-likeness (QED) is 0.121. The van der Waals surface area contributed by atoms with Gasteiger partial charge in [-0.05, 0) is 51.0 Å². The topological polar surface area (TPSA) is 125 Å². The number of hydrogen-bond donors (Lipinski definition) is 2. The second-order valence-electron chi connectivity index (χ2n) is 13.1. The molecule has 10 nitrogen and oxygen atoms in total. The molecule has 3 aliphatic heterocycles. The predicted octanol–water partition coefficient (Wildman–Crippen LogP) is 4.48. The number of aliphatic hydroxyl groups excluding tert-OH is 1. The average Bonchev–Trinajstić information content (AvgIpc) is 3.71. The van der Waals surface area contributed by atoms with Gasteiger partial charge in [0.25, 0.3) is 0 Å². The molecule has 1 unspecified atom stereocenters. The molecule has 0 aliphatic carbocycles. The maximum Gasteiger partial charge on any atom is 0.313 e. The molecule has 10 heteroatoms. The molecule has 3 heterocycles. The van der Waals surface area contributed by atoms with Crippen LogP contribution in [0, 0.1) is 11.8 Å². The molecule has 1 aromatic carbocycles. The van der Waals surface area contributed by atoms with Crippen LogP contribution in [0.5, 0.6) is 0 Å². The van der Waals surface area contributed by atoms with Crippen LogP contribution in [-0.2, 0) is 28.7 Å². The minimum Gasteiger partial charge on any atom is -0.455 e. The summed E-state index contributed by atoms with van der Waals surface area (Å²) in [4.78, 5) is 59.0. The molecule has 2 bridgehead atoms. The summed E-state index contributed by atoms with van der Waals surface area (Å²) in [6.07, 6.45) is 8.62. The normalized spacial score (nSPS) is 25.6. The first-order valence-corrected chi connectivity index (χ1v) is 17.4. The van der Waals surface area contributed by atoms with Crippen LogP contribution >= 0.6 is 0 Å². The summed E-state index contributed by atoms with van der Waals surface area (Å²) in [7, 11) is 0. The Bertz CT molecular complexity index is 1260. The van der Waals surface area contributed by atoms with Crippen LogP contribution in [0.25, 0.3) is 0 Å². The predicted molar refractivity (Wildman–Crippen MR) is 179 cm³/mol. The zero-order chi connectivity index (χ0) is 34.0. The van der Waals surface area contributed by atoms with E-state index in [-0.39, 0.29) is 43.3 Å². The van der Waals surface area contributed by atoms with Gasteiger partial charge in [0, 0.05) is 32.2 Å². The van der Waals surface area contributed by atoms with Gasteiger partial charge in [-0.1, -0.05) is 68.7 Å². The minimum atomic E-state index is -1.12. The van der Waals surface area contributed by atoms with Gasteiger partial charge in [0.2, 0.25) is 17.7 Å². The number of unbranched alkanes of at least 4 members (excludes halogenated alkanes) is 3. The van der Waals surface area contributed by atoms with Crippen molar-refractivity contribution in [1.82, 2.24) is 15.1 Å². The molecule has 3 fully saturated rings. The molecule has 3 amide bonds. The van der Waals surface area contributed by atoms with Crippen molar-refractivity contribution in [3.63, 3.8) is 0 Å². The Morgan fingerprint density at radius 1 is 1.17 bits per heavy atom. The summed E-state index contributed by atoms with van der Waals surface area (Å²) in [6, 6.07) is 8.31. The summed E-state index contributed by atoms with van der Waals surface area (Å²) >= 11 is 0. The highest BCUT2D eigenvalue weighted by Gasteiger charge is 2.75. The van der Waals surface area contributed by atoms with Crippen LogP contribution in [0.15, 0.2) is 55.6 Å². The second kappa shape index (κ2) is 17.1. The van der Waals surface area contributed by atoms with Crippen LogP contribution in [0.4, 0.5) is 0 Å². The standard InChI is InChI=1S/C37H53N3O7/c1-5-8-19-30(42)38-25-29(27-17-12-11-13-18-27)46-36(45)31-28-20-21-37(47-28)32(31)34(43)40(23-14-9-10-15-24-41)33(37)35(44)39(22-7-3)26(4)16-6-2/h5,7,11-13,17-18,26,28-29,31-33,41H,1,3,6,8-10,14-16,19-25H2,2,4H3,(H,38,42)/t26?,28-,29+,31+,32+,33-,37+/m1/s1. The number of benzene rings is 1. The first-order chi connectivity index (χ1) is 22.7. The number of rotatable bonds is 20. The van der Waals surface area contributed by atoms with Crippen molar-refractivity contribution in [3.05, 3.63) is 61.2 Å². The third-order valence-electron chi connectivity index (χ3n) is 9.95. The first kappa shape index (κ1) is 36.3. The molecule has 7 atom stereocenters. The Morgan fingerprint density at radius 2 is 1.91 bits per heavy atom. The highest BCUT2D eigenvalue weighted by Crippen LogP contribution is 2.59. The van der Waals surface area contributed by atoms with E-state index in [9.17, 15) is 24.3 Å². The van der Waals surface area contributed by atoms with Crippen LogP contribution in [0.2, 0.25) is 0 Å². The Kier molecular flexibility index (Phi) is 13.2. The van der Waals surface area contributed by atoms with E-state index in [1.807, 2.05) is 37.3 Å². The average molecular weight is 652 g/mol. The fourth-order valence-electron chi connectivity index (χ4n) is 7.69. The number of esters is 1. The lowest BCUT2D eigenvalue weighted by Crippen LogP contribution is -2.57. The molecule has 0 saturated carbocycles. The Labute approximate surface area is 279 Å². The zero-order valence-electron chi connectivity index (χ0n) is 28.1. The lowest BCUT2D eigenvalue weighted by molar-refractivity contribution is -0.160. The van der Waals surface area contributed by atoms with E-state index in [1.54, 1.807) is 22.0 Å². The molecule has 0 radical (unpaired) electrons. The van der Waals surface area contributed by atoms with Crippen LogP contribution in [-0.4, -0.2) is 88.6 Å². The van der Waals surface area contributed by atoms with Gasteiger partial charge in [0.05, 0.1) is 24.5 Å². The number of carbonyl (C=O) groups is 4. The van der Waals surface area contributed by atoms with Gasteiger partial charge in [0.1, 0.15) is 17.7 Å².